The number of carbonyl (C=O) groups is 2. The quantitative estimate of drug-likeness (QED) is 0.154. The molecule has 0 saturated carbocycles. The molecule has 3 aromatic heterocycles. The molecule has 12 heteroatoms. The third-order valence-electron chi connectivity index (χ3n) is 8.30. The van der Waals surface area contributed by atoms with Crippen molar-refractivity contribution in [2.45, 2.75) is 65.1 Å². The Hall–Kier alpha value is -5.65. The minimum absolute atomic E-state index is 0.0587. The summed E-state index contributed by atoms with van der Waals surface area (Å²) in [6.45, 7) is 11.3. The molecule has 4 heterocycles. The summed E-state index contributed by atoms with van der Waals surface area (Å²) < 4.78 is 19.2. The fourth-order valence-electron chi connectivity index (χ4n) is 5.70. The van der Waals surface area contributed by atoms with Crippen molar-refractivity contribution in [1.29, 1.82) is 0 Å². The van der Waals surface area contributed by atoms with Gasteiger partial charge in [-0.25, -0.2) is 19.4 Å². The van der Waals surface area contributed by atoms with Crippen LogP contribution in [0.5, 0.6) is 17.2 Å². The second-order valence-corrected chi connectivity index (χ2v) is 13.6. The Morgan fingerprint density at radius 3 is 2.38 bits per heavy atom. The normalized spacial score (nSPS) is 14.5. The second kappa shape index (κ2) is 14.5. The van der Waals surface area contributed by atoms with Crippen LogP contribution < -0.4 is 20.1 Å². The maximum absolute atomic E-state index is 13.0. The number of pyridine rings is 2. The molecule has 1 atom stereocenters. The Bertz CT molecular complexity index is 1970. The van der Waals surface area contributed by atoms with Crippen molar-refractivity contribution in [2.24, 2.45) is 0 Å². The molecule has 50 heavy (non-hydrogen) atoms. The summed E-state index contributed by atoms with van der Waals surface area (Å²) in [5.74, 6) is 3.02. The van der Waals surface area contributed by atoms with E-state index in [-0.39, 0.29) is 18.0 Å². The molecule has 0 bridgehead atoms. The topological polar surface area (TPSA) is 133 Å². The van der Waals surface area contributed by atoms with Gasteiger partial charge in [-0.15, -0.1) is 0 Å². The van der Waals surface area contributed by atoms with Crippen molar-refractivity contribution in [3.63, 3.8) is 0 Å². The molecule has 1 aliphatic rings. The largest absolute Gasteiger partial charge is 0.497 e. The third kappa shape index (κ3) is 8.13. The summed E-state index contributed by atoms with van der Waals surface area (Å²) in [7, 11) is 1.64. The van der Waals surface area contributed by atoms with E-state index in [9.17, 15) is 9.59 Å². The Morgan fingerprint density at radius 1 is 0.960 bits per heavy atom. The predicted octanol–water partition coefficient (Wildman–Crippen LogP) is 7.47. The Kier molecular flexibility index (Phi) is 9.89. The van der Waals surface area contributed by atoms with E-state index in [1.807, 2.05) is 61.9 Å². The molecule has 1 saturated heterocycles. The van der Waals surface area contributed by atoms with Crippen LogP contribution in [-0.2, 0) is 11.3 Å². The lowest BCUT2D eigenvalue weighted by Gasteiger charge is -2.24. The number of ether oxygens (including phenoxy) is 3. The van der Waals surface area contributed by atoms with Gasteiger partial charge in [-0.1, -0.05) is 26.0 Å². The van der Waals surface area contributed by atoms with Gasteiger partial charge in [0.2, 0.25) is 0 Å². The molecule has 2 amide bonds. The van der Waals surface area contributed by atoms with Gasteiger partial charge in [0.1, 0.15) is 34.1 Å². The average Bonchev–Trinajstić information content (AvgIpc) is 3.70. The molecule has 260 valence electrons. The lowest BCUT2D eigenvalue weighted by Crippen LogP contribution is -2.36. The van der Waals surface area contributed by atoms with E-state index in [0.717, 1.165) is 23.3 Å². The number of amides is 2. The number of hydrogen-bond acceptors (Lipinski definition) is 9. The molecule has 2 N–H and O–H groups in total. The highest BCUT2D eigenvalue weighted by molar-refractivity contribution is 6.03. The first-order valence-electron chi connectivity index (χ1n) is 16.7. The molecular formula is C38H43N7O5. The van der Waals surface area contributed by atoms with Crippen molar-refractivity contribution in [3.8, 4) is 17.2 Å². The van der Waals surface area contributed by atoms with E-state index >= 15 is 0 Å². The number of rotatable bonds is 10. The summed E-state index contributed by atoms with van der Waals surface area (Å²) in [5.41, 5.74) is 2.65. The lowest BCUT2D eigenvalue weighted by atomic mass is 10.1. The number of benzene rings is 2. The minimum Gasteiger partial charge on any atom is -0.497 e. The van der Waals surface area contributed by atoms with E-state index in [1.54, 1.807) is 54.7 Å². The van der Waals surface area contributed by atoms with Gasteiger partial charge in [-0.05, 0) is 92.8 Å². The third-order valence-corrected chi connectivity index (χ3v) is 8.30. The van der Waals surface area contributed by atoms with Gasteiger partial charge in [0.15, 0.2) is 11.5 Å². The fraction of sp³-hybridized carbons (Fsp3) is 0.342. The summed E-state index contributed by atoms with van der Waals surface area (Å²) in [6, 6.07) is 20.3. The Balaban J connectivity index is 1.24. The predicted molar refractivity (Wildman–Crippen MR) is 192 cm³/mol. The summed E-state index contributed by atoms with van der Waals surface area (Å²) in [4.78, 5) is 36.5. The highest BCUT2D eigenvalue weighted by atomic mass is 16.6. The number of likely N-dealkylation sites (tertiary alicyclic amines) is 1. The molecule has 12 nitrogen and oxygen atoms in total. The first-order valence-corrected chi connectivity index (χ1v) is 16.7. The van der Waals surface area contributed by atoms with Crippen molar-refractivity contribution in [3.05, 3.63) is 95.8 Å². The second-order valence-electron chi connectivity index (χ2n) is 13.6. The average molecular weight is 678 g/mol. The summed E-state index contributed by atoms with van der Waals surface area (Å²) in [6.07, 6.45) is 3.78. The molecule has 0 spiro atoms. The van der Waals surface area contributed by atoms with E-state index in [2.05, 4.69) is 29.5 Å². The molecule has 5 aromatic rings. The van der Waals surface area contributed by atoms with E-state index in [1.165, 1.54) is 0 Å². The molecule has 0 aliphatic carbocycles. The molecule has 6 rings (SSSR count). The number of fused-ring (bicyclic) bond motifs is 1. The first kappa shape index (κ1) is 34.2. The van der Waals surface area contributed by atoms with E-state index in [0.29, 0.717) is 65.3 Å². The van der Waals surface area contributed by atoms with Gasteiger partial charge in [0.05, 0.1) is 13.7 Å². The number of nitrogens with one attached hydrogen (secondary N) is 2. The number of anilines is 2. The van der Waals surface area contributed by atoms with Crippen molar-refractivity contribution < 1.29 is 23.8 Å². The van der Waals surface area contributed by atoms with Crippen molar-refractivity contribution in [1.82, 2.24) is 24.6 Å². The SMILES string of the molecule is COc1ccc(Cn2nc(NC3CCN(C(=O)OC(C)(C)C)C3)c3c(Oc4ccc(C(=O)Nc5cc(C(C)C)ccn5)cc4)ccnc32)cc1. The molecule has 0 radical (unpaired) electrons. The minimum atomic E-state index is -0.574. The van der Waals surface area contributed by atoms with Gasteiger partial charge in [-0.2, -0.15) is 5.10 Å². The van der Waals surface area contributed by atoms with Crippen molar-refractivity contribution >= 4 is 34.7 Å². The van der Waals surface area contributed by atoms with Crippen LogP contribution in [0, 0.1) is 0 Å². The summed E-state index contributed by atoms with van der Waals surface area (Å²) in [5, 5.41) is 12.1. The van der Waals surface area contributed by atoms with Gasteiger partial charge in [0, 0.05) is 43.2 Å². The van der Waals surface area contributed by atoms with Crippen LogP contribution in [0.2, 0.25) is 0 Å². The molecule has 1 fully saturated rings. The van der Waals surface area contributed by atoms with Crippen LogP contribution in [0.15, 0.2) is 79.1 Å². The van der Waals surface area contributed by atoms with Crippen LogP contribution >= 0.6 is 0 Å². The standard InChI is InChI=1S/C38H43N7O5/c1-24(2)27-15-18-39-32(21-27)42-36(46)26-9-13-30(14-10-26)49-31-16-19-40-35-33(31)34(43-45(35)22-25-7-11-29(48-6)12-8-25)41-28-17-20-44(23-28)37(47)50-38(3,4)5/h7-16,18-19,21,24,28H,17,20,22-23H2,1-6H3,(H,41,43)(H,39,42,46). The Morgan fingerprint density at radius 2 is 1.68 bits per heavy atom. The number of aromatic nitrogens is 4. The van der Waals surface area contributed by atoms with Gasteiger partial charge in [-0.3, -0.25) is 4.79 Å². The lowest BCUT2D eigenvalue weighted by molar-refractivity contribution is 0.0293. The van der Waals surface area contributed by atoms with Crippen LogP contribution in [-0.4, -0.2) is 68.5 Å². The fourth-order valence-corrected chi connectivity index (χ4v) is 5.70. The highest BCUT2D eigenvalue weighted by Crippen LogP contribution is 2.35. The zero-order chi connectivity index (χ0) is 35.4. The smallest absolute Gasteiger partial charge is 0.410 e. The van der Waals surface area contributed by atoms with Crippen molar-refractivity contribution in [2.75, 3.05) is 30.8 Å². The molecule has 1 aliphatic heterocycles. The van der Waals surface area contributed by atoms with E-state index in [4.69, 9.17) is 24.3 Å². The monoisotopic (exact) mass is 677 g/mol. The van der Waals surface area contributed by atoms with Crippen LogP contribution in [0.25, 0.3) is 11.0 Å². The van der Waals surface area contributed by atoms with Crippen LogP contribution in [0.4, 0.5) is 16.4 Å². The number of nitrogens with zero attached hydrogens (tertiary/aromatic N) is 5. The van der Waals surface area contributed by atoms with Crippen LogP contribution in [0.3, 0.4) is 0 Å². The van der Waals surface area contributed by atoms with Gasteiger partial charge >= 0.3 is 6.09 Å². The number of carbonyl (C=O) groups excluding carboxylic acids is 2. The zero-order valence-electron chi connectivity index (χ0n) is 29.3. The number of hydrogen-bond donors (Lipinski definition) is 2. The first-order chi connectivity index (χ1) is 24.0. The molecular weight excluding hydrogens is 634 g/mol. The number of methoxy groups -OCH3 is 1. The maximum Gasteiger partial charge on any atom is 0.410 e. The highest BCUT2D eigenvalue weighted by Gasteiger charge is 2.31. The zero-order valence-corrected chi connectivity index (χ0v) is 29.3. The van der Waals surface area contributed by atoms with Crippen LogP contribution in [0.1, 0.15) is 68.4 Å². The van der Waals surface area contributed by atoms with E-state index < -0.39 is 5.60 Å². The Labute approximate surface area is 291 Å². The molecule has 1 unspecified atom stereocenters. The summed E-state index contributed by atoms with van der Waals surface area (Å²) >= 11 is 0. The van der Waals surface area contributed by atoms with Gasteiger partial charge in [0.25, 0.3) is 5.91 Å². The van der Waals surface area contributed by atoms with Gasteiger partial charge < -0.3 is 29.7 Å². The molecule has 2 aromatic carbocycles. The maximum atomic E-state index is 13.0.